The molecule has 1 saturated carbocycles. The van der Waals surface area contributed by atoms with Gasteiger partial charge in [-0.2, -0.15) is 0 Å². The molecule has 0 unspecified atom stereocenters. The minimum Gasteiger partial charge on any atom is -0.384 e. The van der Waals surface area contributed by atoms with Crippen molar-refractivity contribution in [3.63, 3.8) is 0 Å². The van der Waals surface area contributed by atoms with E-state index in [1.165, 1.54) is 12.8 Å². The van der Waals surface area contributed by atoms with Crippen LogP contribution in [-0.4, -0.2) is 24.8 Å². The SMILES string of the molecule is CNc1cccn([C@@H]2CCCC[C@@H]2OC)c1=O. The van der Waals surface area contributed by atoms with Gasteiger partial charge >= 0.3 is 0 Å². The standard InChI is InChI=1S/C13H20N2O2/c1-14-10-6-5-9-15(13(10)16)11-7-3-4-8-12(11)17-2/h5-6,9,11-12,14H,3-4,7-8H2,1-2H3/t11-,12+/m1/s1. The molecule has 1 aromatic heterocycles. The highest BCUT2D eigenvalue weighted by molar-refractivity contribution is 5.39. The number of nitrogens with zero attached hydrogens (tertiary/aromatic N) is 1. The van der Waals surface area contributed by atoms with Gasteiger partial charge in [-0.1, -0.05) is 12.8 Å². The highest BCUT2D eigenvalue weighted by Crippen LogP contribution is 2.29. The molecule has 1 N–H and O–H groups in total. The van der Waals surface area contributed by atoms with Crippen molar-refractivity contribution < 1.29 is 4.74 Å². The van der Waals surface area contributed by atoms with Crippen LogP contribution in [0.1, 0.15) is 31.7 Å². The number of pyridine rings is 1. The van der Waals surface area contributed by atoms with Crippen LogP contribution in [0.15, 0.2) is 23.1 Å². The molecule has 2 atom stereocenters. The molecule has 0 aromatic carbocycles. The van der Waals surface area contributed by atoms with E-state index in [9.17, 15) is 4.79 Å². The van der Waals surface area contributed by atoms with Gasteiger partial charge in [-0.05, 0) is 25.0 Å². The molecule has 4 nitrogen and oxygen atoms in total. The third-order valence-corrected chi connectivity index (χ3v) is 3.57. The lowest BCUT2D eigenvalue weighted by Gasteiger charge is -2.32. The molecular weight excluding hydrogens is 216 g/mol. The molecule has 94 valence electrons. The molecule has 0 aliphatic heterocycles. The summed E-state index contributed by atoms with van der Waals surface area (Å²) in [7, 11) is 3.51. The van der Waals surface area contributed by atoms with Crippen LogP contribution in [0.4, 0.5) is 5.69 Å². The quantitative estimate of drug-likeness (QED) is 0.873. The first-order valence-corrected chi connectivity index (χ1v) is 6.19. The predicted octanol–water partition coefficient (Wildman–Crippen LogP) is 2.02. The molecule has 1 fully saturated rings. The first-order valence-electron chi connectivity index (χ1n) is 6.19. The molecule has 1 heterocycles. The van der Waals surface area contributed by atoms with Crippen LogP contribution < -0.4 is 10.9 Å². The van der Waals surface area contributed by atoms with E-state index >= 15 is 0 Å². The summed E-state index contributed by atoms with van der Waals surface area (Å²) in [5.41, 5.74) is 0.692. The topological polar surface area (TPSA) is 43.3 Å². The lowest BCUT2D eigenvalue weighted by atomic mass is 9.92. The van der Waals surface area contributed by atoms with Crippen LogP contribution in [0.5, 0.6) is 0 Å². The highest BCUT2D eigenvalue weighted by Gasteiger charge is 2.27. The van der Waals surface area contributed by atoms with E-state index in [4.69, 9.17) is 4.74 Å². The van der Waals surface area contributed by atoms with Gasteiger partial charge in [0, 0.05) is 20.4 Å². The fourth-order valence-electron chi connectivity index (χ4n) is 2.63. The molecule has 0 bridgehead atoms. The van der Waals surface area contributed by atoms with E-state index in [2.05, 4.69) is 5.32 Å². The third-order valence-electron chi connectivity index (χ3n) is 3.57. The highest BCUT2D eigenvalue weighted by atomic mass is 16.5. The molecule has 0 saturated heterocycles. The van der Waals surface area contributed by atoms with Crippen molar-refractivity contribution in [2.45, 2.75) is 37.8 Å². The van der Waals surface area contributed by atoms with Crippen LogP contribution in [0.3, 0.4) is 0 Å². The van der Waals surface area contributed by atoms with Crippen molar-refractivity contribution >= 4 is 5.69 Å². The lowest BCUT2D eigenvalue weighted by molar-refractivity contribution is 0.0278. The lowest BCUT2D eigenvalue weighted by Crippen LogP contribution is -2.36. The molecule has 4 heteroatoms. The zero-order valence-electron chi connectivity index (χ0n) is 10.5. The smallest absolute Gasteiger partial charge is 0.274 e. The Morgan fingerprint density at radius 2 is 2.18 bits per heavy atom. The van der Waals surface area contributed by atoms with Crippen LogP contribution in [0.2, 0.25) is 0 Å². The van der Waals surface area contributed by atoms with E-state index < -0.39 is 0 Å². The monoisotopic (exact) mass is 236 g/mol. The molecule has 1 aliphatic carbocycles. The van der Waals surface area contributed by atoms with Gasteiger partial charge in [0.2, 0.25) is 0 Å². The number of nitrogens with one attached hydrogen (secondary N) is 1. The summed E-state index contributed by atoms with van der Waals surface area (Å²) in [5, 5.41) is 2.93. The van der Waals surface area contributed by atoms with Gasteiger partial charge in [-0.15, -0.1) is 0 Å². The van der Waals surface area contributed by atoms with Gasteiger partial charge < -0.3 is 14.6 Å². The van der Waals surface area contributed by atoms with E-state index in [0.29, 0.717) is 5.69 Å². The van der Waals surface area contributed by atoms with Crippen molar-refractivity contribution in [3.05, 3.63) is 28.7 Å². The minimum absolute atomic E-state index is 0.0453. The van der Waals surface area contributed by atoms with Gasteiger partial charge in [-0.3, -0.25) is 4.79 Å². The average molecular weight is 236 g/mol. The second-order valence-electron chi connectivity index (χ2n) is 4.51. The first-order chi connectivity index (χ1) is 8.27. The summed E-state index contributed by atoms with van der Waals surface area (Å²) in [5.74, 6) is 0. The number of methoxy groups -OCH3 is 1. The van der Waals surface area contributed by atoms with E-state index in [-0.39, 0.29) is 17.7 Å². The molecule has 17 heavy (non-hydrogen) atoms. The van der Waals surface area contributed by atoms with Gasteiger partial charge in [0.25, 0.3) is 5.56 Å². The maximum atomic E-state index is 12.2. The molecule has 1 aromatic rings. The fourth-order valence-corrected chi connectivity index (χ4v) is 2.63. The summed E-state index contributed by atoms with van der Waals surface area (Å²) in [6, 6.07) is 3.90. The second-order valence-corrected chi connectivity index (χ2v) is 4.51. The van der Waals surface area contributed by atoms with E-state index in [0.717, 1.165) is 12.8 Å². The van der Waals surface area contributed by atoms with Crippen LogP contribution in [-0.2, 0) is 4.74 Å². The Hall–Kier alpha value is -1.29. The third kappa shape index (κ3) is 2.36. The Morgan fingerprint density at radius 3 is 2.88 bits per heavy atom. The minimum atomic E-state index is 0.0453. The summed E-state index contributed by atoms with van der Waals surface area (Å²) >= 11 is 0. The molecule has 0 amide bonds. The number of hydrogen-bond acceptors (Lipinski definition) is 3. The fraction of sp³-hybridized carbons (Fsp3) is 0.615. The molecule has 0 spiro atoms. The summed E-state index contributed by atoms with van der Waals surface area (Å²) in [4.78, 5) is 12.2. The molecule has 1 aliphatic rings. The van der Waals surface area contributed by atoms with Crippen LogP contribution in [0.25, 0.3) is 0 Å². The van der Waals surface area contributed by atoms with Crippen molar-refractivity contribution in [1.82, 2.24) is 4.57 Å². The van der Waals surface area contributed by atoms with Gasteiger partial charge in [0.1, 0.15) is 5.69 Å². The largest absolute Gasteiger partial charge is 0.384 e. The Labute approximate surface area is 102 Å². The number of hydrogen-bond donors (Lipinski definition) is 1. The molecular formula is C13H20N2O2. The normalized spacial score (nSPS) is 24.6. The van der Waals surface area contributed by atoms with Crippen LogP contribution in [0, 0.1) is 0 Å². The maximum Gasteiger partial charge on any atom is 0.274 e. The predicted molar refractivity (Wildman–Crippen MR) is 68.6 cm³/mol. The van der Waals surface area contributed by atoms with Crippen molar-refractivity contribution in [1.29, 1.82) is 0 Å². The van der Waals surface area contributed by atoms with E-state index in [1.54, 1.807) is 14.2 Å². The van der Waals surface area contributed by atoms with Crippen molar-refractivity contribution in [3.8, 4) is 0 Å². The number of rotatable bonds is 3. The number of ether oxygens (including phenoxy) is 1. The molecule has 0 radical (unpaired) electrons. The summed E-state index contributed by atoms with van der Waals surface area (Å²) in [6.07, 6.45) is 6.44. The van der Waals surface area contributed by atoms with Crippen molar-refractivity contribution in [2.24, 2.45) is 0 Å². The number of anilines is 1. The Morgan fingerprint density at radius 1 is 1.41 bits per heavy atom. The second kappa shape index (κ2) is 5.36. The zero-order valence-corrected chi connectivity index (χ0v) is 10.5. The molecule has 2 rings (SSSR count). The van der Waals surface area contributed by atoms with Crippen molar-refractivity contribution in [2.75, 3.05) is 19.5 Å². The first kappa shape index (κ1) is 12.2. The van der Waals surface area contributed by atoms with E-state index in [1.807, 2.05) is 22.9 Å². The van der Waals surface area contributed by atoms with Gasteiger partial charge in [-0.25, -0.2) is 0 Å². The van der Waals surface area contributed by atoms with Gasteiger partial charge in [0.15, 0.2) is 0 Å². The Balaban J connectivity index is 2.35. The summed E-state index contributed by atoms with van der Waals surface area (Å²) in [6.45, 7) is 0. The zero-order chi connectivity index (χ0) is 12.3. The maximum absolute atomic E-state index is 12.2. The number of aromatic nitrogens is 1. The van der Waals surface area contributed by atoms with Crippen LogP contribution >= 0.6 is 0 Å². The summed E-state index contributed by atoms with van der Waals surface area (Å²) < 4.78 is 7.33. The Bertz CT molecular complexity index is 428. The Kier molecular flexibility index (Phi) is 3.84. The average Bonchev–Trinajstić information content (AvgIpc) is 2.39. The van der Waals surface area contributed by atoms with Gasteiger partial charge in [0.05, 0.1) is 12.1 Å².